The maximum atomic E-state index is 11.7. The highest BCUT2D eigenvalue weighted by Crippen LogP contribution is 2.63. The zero-order valence-electron chi connectivity index (χ0n) is 12.9. The first-order valence-electron chi connectivity index (χ1n) is 8.23. The van der Waals surface area contributed by atoms with Crippen LogP contribution in [0.25, 0.3) is 0 Å². The Labute approximate surface area is 131 Å². The largest absolute Gasteiger partial charge is 0.435 e. The van der Waals surface area contributed by atoms with Crippen molar-refractivity contribution < 1.29 is 19.1 Å². The number of hydrogen-bond acceptors (Lipinski definition) is 4. The van der Waals surface area contributed by atoms with Gasteiger partial charge in [0.15, 0.2) is 0 Å². The zero-order chi connectivity index (χ0) is 15.7. The summed E-state index contributed by atoms with van der Waals surface area (Å²) < 4.78 is 9.73. The lowest BCUT2D eigenvalue weighted by Gasteiger charge is -2.30. The van der Waals surface area contributed by atoms with Crippen LogP contribution in [0.1, 0.15) is 38.5 Å². The Hall–Kier alpha value is -1.58. The van der Waals surface area contributed by atoms with Crippen molar-refractivity contribution >= 4 is 11.9 Å². The Balaban J connectivity index is 1.56. The molecule has 0 saturated heterocycles. The van der Waals surface area contributed by atoms with E-state index in [0.717, 1.165) is 31.1 Å². The fourth-order valence-corrected chi connectivity index (χ4v) is 5.46. The fourth-order valence-electron chi connectivity index (χ4n) is 5.46. The third-order valence-corrected chi connectivity index (χ3v) is 6.02. The van der Waals surface area contributed by atoms with Crippen LogP contribution in [0.5, 0.6) is 0 Å². The summed E-state index contributed by atoms with van der Waals surface area (Å²) in [6.45, 7) is 6.86. The highest BCUT2D eigenvalue weighted by molar-refractivity contribution is 5.70. The van der Waals surface area contributed by atoms with Gasteiger partial charge in [0.1, 0.15) is 0 Å². The van der Waals surface area contributed by atoms with E-state index in [1.54, 1.807) is 0 Å². The Morgan fingerprint density at radius 1 is 0.864 bits per heavy atom. The van der Waals surface area contributed by atoms with Crippen LogP contribution in [0.4, 0.5) is 0 Å². The molecular weight excluding hydrogens is 280 g/mol. The number of carbonyl (C=O) groups is 2. The van der Waals surface area contributed by atoms with Gasteiger partial charge < -0.3 is 9.47 Å². The van der Waals surface area contributed by atoms with Gasteiger partial charge in [-0.2, -0.15) is 0 Å². The third kappa shape index (κ3) is 2.83. The van der Waals surface area contributed by atoms with Crippen molar-refractivity contribution in [2.24, 2.45) is 35.5 Å². The van der Waals surface area contributed by atoms with Crippen molar-refractivity contribution in [1.29, 1.82) is 0 Å². The molecule has 3 fully saturated rings. The molecule has 3 aliphatic rings. The van der Waals surface area contributed by atoms with Gasteiger partial charge in [-0.15, -0.1) is 0 Å². The van der Waals surface area contributed by atoms with E-state index < -0.39 is 0 Å². The third-order valence-electron chi connectivity index (χ3n) is 6.02. The monoisotopic (exact) mass is 304 g/mol. The highest BCUT2D eigenvalue weighted by atomic mass is 16.5. The molecule has 3 rings (SSSR count). The Kier molecular flexibility index (Phi) is 4.37. The molecule has 3 aliphatic carbocycles. The van der Waals surface area contributed by atoms with E-state index in [2.05, 4.69) is 13.2 Å². The minimum atomic E-state index is -0.168. The smallest absolute Gasteiger partial charge is 0.310 e. The highest BCUT2D eigenvalue weighted by Gasteiger charge is 2.56. The number of hydrogen-bond donors (Lipinski definition) is 0. The van der Waals surface area contributed by atoms with Gasteiger partial charge in [-0.1, -0.05) is 13.2 Å². The van der Waals surface area contributed by atoms with Gasteiger partial charge in [0.05, 0.1) is 12.5 Å². The molecule has 0 aromatic rings. The minimum Gasteiger partial charge on any atom is -0.435 e. The predicted molar refractivity (Wildman–Crippen MR) is 81.2 cm³/mol. The summed E-state index contributed by atoms with van der Waals surface area (Å²) in [4.78, 5) is 23.3. The number of rotatable bonds is 6. The lowest BCUT2D eigenvalue weighted by Crippen LogP contribution is -2.26. The molecule has 3 saturated carbocycles. The van der Waals surface area contributed by atoms with Crippen molar-refractivity contribution in [3.8, 4) is 0 Å². The predicted octanol–water partition coefficient (Wildman–Crippen LogP) is 3.44. The number of esters is 2. The van der Waals surface area contributed by atoms with Crippen LogP contribution in [0.2, 0.25) is 0 Å². The Morgan fingerprint density at radius 2 is 1.50 bits per heavy atom. The summed E-state index contributed by atoms with van der Waals surface area (Å²) in [5, 5.41) is 0. The molecule has 4 nitrogen and oxygen atoms in total. The molecule has 0 spiro atoms. The first-order chi connectivity index (χ1) is 10.6. The summed E-state index contributed by atoms with van der Waals surface area (Å²) in [7, 11) is 0. The lowest BCUT2D eigenvalue weighted by molar-refractivity contribution is -0.140. The van der Waals surface area contributed by atoms with E-state index in [-0.39, 0.29) is 11.9 Å². The van der Waals surface area contributed by atoms with Gasteiger partial charge in [0.2, 0.25) is 0 Å². The first-order valence-corrected chi connectivity index (χ1v) is 8.23. The molecule has 0 heterocycles. The molecule has 22 heavy (non-hydrogen) atoms. The van der Waals surface area contributed by atoms with E-state index >= 15 is 0 Å². The molecule has 0 amide bonds. The Morgan fingerprint density at radius 3 is 2.18 bits per heavy atom. The second-order valence-corrected chi connectivity index (χ2v) is 7.04. The SMILES string of the molecule is C=COC(=O)CC1CC2C3CC(CC(=O)OC=C)C(C3)C2C1. The van der Waals surface area contributed by atoms with Crippen molar-refractivity contribution in [2.45, 2.75) is 38.5 Å². The second-order valence-electron chi connectivity index (χ2n) is 7.04. The van der Waals surface area contributed by atoms with E-state index in [4.69, 9.17) is 9.47 Å². The summed E-state index contributed by atoms with van der Waals surface area (Å²) >= 11 is 0. The van der Waals surface area contributed by atoms with Gasteiger partial charge in [-0.25, -0.2) is 0 Å². The van der Waals surface area contributed by atoms with E-state index in [9.17, 15) is 9.59 Å². The maximum absolute atomic E-state index is 11.7. The summed E-state index contributed by atoms with van der Waals surface area (Å²) in [6.07, 6.45) is 8.08. The minimum absolute atomic E-state index is 0.159. The summed E-state index contributed by atoms with van der Waals surface area (Å²) in [5.41, 5.74) is 0. The maximum Gasteiger partial charge on any atom is 0.310 e. The number of carbonyl (C=O) groups excluding carboxylic acids is 2. The van der Waals surface area contributed by atoms with Crippen LogP contribution in [0.15, 0.2) is 25.7 Å². The van der Waals surface area contributed by atoms with Crippen LogP contribution in [-0.4, -0.2) is 11.9 Å². The normalized spacial score (nSPS) is 38.4. The second kappa shape index (κ2) is 6.27. The lowest BCUT2D eigenvalue weighted by atomic mass is 9.74. The zero-order valence-corrected chi connectivity index (χ0v) is 12.9. The van der Waals surface area contributed by atoms with Crippen molar-refractivity contribution in [3.63, 3.8) is 0 Å². The van der Waals surface area contributed by atoms with Gasteiger partial charge in [0.25, 0.3) is 0 Å². The molecule has 2 bridgehead atoms. The van der Waals surface area contributed by atoms with Gasteiger partial charge >= 0.3 is 11.9 Å². The van der Waals surface area contributed by atoms with Gasteiger partial charge in [-0.05, 0) is 61.2 Å². The van der Waals surface area contributed by atoms with Crippen LogP contribution in [0, 0.1) is 35.5 Å². The van der Waals surface area contributed by atoms with Gasteiger partial charge in [0, 0.05) is 12.8 Å². The quantitative estimate of drug-likeness (QED) is 0.557. The van der Waals surface area contributed by atoms with Crippen LogP contribution in [-0.2, 0) is 19.1 Å². The van der Waals surface area contributed by atoms with Gasteiger partial charge in [-0.3, -0.25) is 9.59 Å². The first kappa shape index (κ1) is 15.3. The standard InChI is InChI=1S/C18H24O4/c1-3-21-17(19)7-11-5-14-12-8-13(10-18(20)22-4-2)15(9-12)16(14)6-11/h3-4,11-16H,1-2,5-10H2. The summed E-state index contributed by atoms with van der Waals surface area (Å²) in [6, 6.07) is 0. The molecule has 120 valence electrons. The van der Waals surface area contributed by atoms with Crippen molar-refractivity contribution in [3.05, 3.63) is 25.7 Å². The molecule has 4 heteroatoms. The van der Waals surface area contributed by atoms with E-state index in [1.807, 2.05) is 0 Å². The molecule has 0 aromatic carbocycles. The Bertz CT molecular complexity index is 483. The van der Waals surface area contributed by atoms with E-state index in [1.165, 1.54) is 18.9 Å². The van der Waals surface area contributed by atoms with Crippen molar-refractivity contribution in [1.82, 2.24) is 0 Å². The topological polar surface area (TPSA) is 52.6 Å². The van der Waals surface area contributed by atoms with Crippen LogP contribution in [0.3, 0.4) is 0 Å². The average Bonchev–Trinajstić information content (AvgIpc) is 3.09. The molecule has 0 radical (unpaired) electrons. The molecular formula is C18H24O4. The molecule has 0 N–H and O–H groups in total. The number of fused-ring (bicyclic) bond motifs is 5. The van der Waals surface area contributed by atoms with Crippen molar-refractivity contribution in [2.75, 3.05) is 0 Å². The molecule has 0 aromatic heterocycles. The fraction of sp³-hybridized carbons (Fsp3) is 0.667. The average molecular weight is 304 g/mol. The van der Waals surface area contributed by atoms with E-state index in [0.29, 0.717) is 36.5 Å². The molecule has 6 atom stereocenters. The van der Waals surface area contributed by atoms with Crippen LogP contribution >= 0.6 is 0 Å². The molecule has 0 aliphatic heterocycles. The van der Waals surface area contributed by atoms with Crippen LogP contribution < -0.4 is 0 Å². The number of ether oxygens (including phenoxy) is 2. The molecule has 6 unspecified atom stereocenters. The summed E-state index contributed by atoms with van der Waals surface area (Å²) in [5.74, 6) is 3.36.